The lowest BCUT2D eigenvalue weighted by atomic mass is 9.96. The smallest absolute Gasteiger partial charge is 0.270 e. The van der Waals surface area contributed by atoms with E-state index in [1.165, 1.54) is 12.1 Å². The number of hydrogen-bond donors (Lipinski definition) is 2. The average Bonchev–Trinajstić information content (AvgIpc) is 3.25. The van der Waals surface area contributed by atoms with Gasteiger partial charge in [-0.05, 0) is 63.5 Å². The van der Waals surface area contributed by atoms with Crippen LogP contribution >= 0.6 is 0 Å². The molecule has 10 heteroatoms. The number of likely N-dealkylation sites (N-methyl/N-ethyl adjacent to an activating group) is 1. The summed E-state index contributed by atoms with van der Waals surface area (Å²) in [5, 5.41) is 15.1. The van der Waals surface area contributed by atoms with Crippen LogP contribution in [0.25, 0.3) is 11.1 Å². The van der Waals surface area contributed by atoms with Gasteiger partial charge in [-0.3, -0.25) is 24.6 Å². The molecule has 43 heavy (non-hydrogen) atoms. The molecule has 1 fully saturated rings. The summed E-state index contributed by atoms with van der Waals surface area (Å²) in [6.45, 7) is 1.78. The van der Waals surface area contributed by atoms with E-state index in [0.29, 0.717) is 42.8 Å². The van der Waals surface area contributed by atoms with Crippen LogP contribution in [0.3, 0.4) is 0 Å². The van der Waals surface area contributed by atoms with E-state index in [4.69, 9.17) is 10.5 Å². The maximum absolute atomic E-state index is 13.6. The lowest BCUT2D eigenvalue weighted by molar-refractivity contribution is -0.384. The number of nitro benzene ring substituents is 1. The molecule has 1 saturated heterocycles. The minimum Gasteiger partial charge on any atom is -0.496 e. The number of allylic oxidation sites excluding steroid dienone is 5. The van der Waals surface area contributed by atoms with E-state index >= 15 is 0 Å². The molecule has 0 aromatic heterocycles. The van der Waals surface area contributed by atoms with Crippen LogP contribution in [0.1, 0.15) is 48.0 Å². The monoisotopic (exact) mass is 587 g/mol. The first-order valence-electron chi connectivity index (χ1n) is 14.6. The number of carbonyl (C=O) groups excluding carboxylic acids is 2. The third kappa shape index (κ3) is 8.39. The van der Waals surface area contributed by atoms with E-state index in [-0.39, 0.29) is 29.2 Å². The number of nitrogens with one attached hydrogen (secondary N) is 1. The summed E-state index contributed by atoms with van der Waals surface area (Å²) in [6, 6.07) is 9.44. The van der Waals surface area contributed by atoms with Crippen molar-refractivity contribution in [2.24, 2.45) is 5.73 Å². The highest BCUT2D eigenvalue weighted by molar-refractivity contribution is 5.97. The molecule has 2 aromatic carbocycles. The molecule has 3 N–H and O–H groups in total. The minimum atomic E-state index is -0.493. The summed E-state index contributed by atoms with van der Waals surface area (Å²) >= 11 is 0. The van der Waals surface area contributed by atoms with Gasteiger partial charge in [0.25, 0.3) is 11.6 Å². The Bertz CT molecular complexity index is 1430. The molecule has 2 aliphatic rings. The number of hydrogen-bond acceptors (Lipinski definition) is 7. The number of primary amides is 1. The number of piperidine rings is 1. The number of benzene rings is 2. The molecular formula is C33H41N5O5. The van der Waals surface area contributed by atoms with Gasteiger partial charge in [0, 0.05) is 48.0 Å². The Labute approximate surface area is 253 Å². The fourth-order valence-electron chi connectivity index (χ4n) is 5.82. The Morgan fingerprint density at radius 1 is 1.21 bits per heavy atom. The van der Waals surface area contributed by atoms with Crippen molar-refractivity contribution in [3.63, 3.8) is 0 Å². The zero-order valence-corrected chi connectivity index (χ0v) is 25.1. The molecule has 0 saturated carbocycles. The lowest BCUT2D eigenvalue weighted by Gasteiger charge is -2.34. The largest absolute Gasteiger partial charge is 0.496 e. The molecule has 2 aromatic rings. The van der Waals surface area contributed by atoms with Crippen LogP contribution in [0.4, 0.5) is 5.69 Å². The van der Waals surface area contributed by atoms with Gasteiger partial charge in [0.15, 0.2) is 0 Å². The summed E-state index contributed by atoms with van der Waals surface area (Å²) in [5.74, 6) is -0.202. The van der Waals surface area contributed by atoms with Crippen LogP contribution < -0.4 is 15.8 Å². The molecule has 228 valence electrons. The van der Waals surface area contributed by atoms with Gasteiger partial charge < -0.3 is 20.7 Å². The van der Waals surface area contributed by atoms with E-state index in [9.17, 15) is 19.7 Å². The molecule has 1 aliphatic carbocycles. The quantitative estimate of drug-likeness (QED) is 0.274. The predicted octanol–water partition coefficient (Wildman–Crippen LogP) is 4.60. The summed E-state index contributed by atoms with van der Waals surface area (Å²) in [4.78, 5) is 41.2. The van der Waals surface area contributed by atoms with E-state index in [1.807, 2.05) is 49.3 Å². The van der Waals surface area contributed by atoms with E-state index < -0.39 is 10.8 Å². The van der Waals surface area contributed by atoms with Crippen LogP contribution in [0.15, 0.2) is 72.4 Å². The molecule has 4 rings (SSSR count). The number of para-hydroxylation sites is 1. The fraction of sp³-hybridized carbons (Fsp3) is 0.394. The number of non-ortho nitro benzene ring substituents is 1. The Morgan fingerprint density at radius 2 is 2.02 bits per heavy atom. The Kier molecular flexibility index (Phi) is 10.9. The van der Waals surface area contributed by atoms with Crippen LogP contribution in [0.5, 0.6) is 5.75 Å². The first-order chi connectivity index (χ1) is 20.7. The summed E-state index contributed by atoms with van der Waals surface area (Å²) in [7, 11) is 5.43. The van der Waals surface area contributed by atoms with Gasteiger partial charge in [-0.2, -0.15) is 0 Å². The number of methoxy groups -OCH3 is 1. The minimum absolute atomic E-state index is 0.190. The Balaban J connectivity index is 1.66. The zero-order valence-electron chi connectivity index (χ0n) is 25.1. The van der Waals surface area contributed by atoms with Gasteiger partial charge in [0.1, 0.15) is 5.75 Å². The van der Waals surface area contributed by atoms with Crippen molar-refractivity contribution in [1.29, 1.82) is 0 Å². The van der Waals surface area contributed by atoms with Crippen molar-refractivity contribution >= 4 is 17.5 Å². The number of carbonyl (C=O) groups is 2. The normalized spacial score (nSPS) is 17.7. The Morgan fingerprint density at radius 3 is 2.74 bits per heavy atom. The SMILES string of the molecule is COc1c(CN2CCCCC2C(N)=O)cccc1-c1cc(C(=O)NC(CC2=CC=CCC=C2)CN(C)C)cc([N+](=O)[O-])c1. The highest BCUT2D eigenvalue weighted by atomic mass is 16.6. The van der Waals surface area contributed by atoms with Crippen molar-refractivity contribution in [1.82, 2.24) is 15.1 Å². The summed E-state index contributed by atoms with van der Waals surface area (Å²) in [6.07, 6.45) is 14.4. The molecule has 10 nitrogen and oxygen atoms in total. The zero-order chi connectivity index (χ0) is 30.9. The molecule has 1 heterocycles. The van der Waals surface area contributed by atoms with E-state index in [2.05, 4.69) is 28.4 Å². The van der Waals surface area contributed by atoms with Crippen molar-refractivity contribution in [2.45, 2.75) is 50.7 Å². The standard InChI is InChI=1S/C33H41N5O5/c1-36(2)22-27(17-23-11-6-4-5-7-12-23)35-33(40)26-18-25(19-28(20-26)38(41)42)29-14-10-13-24(31(29)43-3)21-37-16-9-8-15-30(37)32(34)39/h4,6-7,10-14,18-20,27,30H,5,8-9,15-17,21-22H2,1-3H3,(H2,34,39)(H,35,40). The van der Waals surface area contributed by atoms with Crippen LogP contribution in [0.2, 0.25) is 0 Å². The first kappa shape index (κ1) is 31.7. The summed E-state index contributed by atoms with van der Waals surface area (Å²) in [5.41, 5.74) is 8.72. The van der Waals surface area contributed by atoms with Gasteiger partial charge >= 0.3 is 0 Å². The molecule has 2 amide bonds. The van der Waals surface area contributed by atoms with E-state index in [0.717, 1.165) is 36.9 Å². The number of nitrogens with zero attached hydrogens (tertiary/aromatic N) is 3. The highest BCUT2D eigenvalue weighted by Crippen LogP contribution is 2.37. The second-order valence-corrected chi connectivity index (χ2v) is 11.4. The average molecular weight is 588 g/mol. The van der Waals surface area contributed by atoms with Crippen molar-refractivity contribution in [2.75, 3.05) is 34.3 Å². The predicted molar refractivity (Wildman–Crippen MR) is 168 cm³/mol. The molecular weight excluding hydrogens is 546 g/mol. The van der Waals surface area contributed by atoms with Gasteiger partial charge in [-0.1, -0.05) is 55.0 Å². The van der Waals surface area contributed by atoms with Crippen LogP contribution in [-0.2, 0) is 11.3 Å². The van der Waals surface area contributed by atoms with Crippen LogP contribution in [-0.4, -0.2) is 72.9 Å². The number of likely N-dealkylation sites (tertiary alicyclic amines) is 1. The molecule has 0 bridgehead atoms. The molecule has 0 radical (unpaired) electrons. The molecule has 2 unspecified atom stereocenters. The van der Waals surface area contributed by atoms with Crippen molar-refractivity contribution < 1.29 is 19.2 Å². The van der Waals surface area contributed by atoms with Gasteiger partial charge in [-0.15, -0.1) is 0 Å². The topological polar surface area (TPSA) is 131 Å². The highest BCUT2D eigenvalue weighted by Gasteiger charge is 2.28. The van der Waals surface area contributed by atoms with Crippen molar-refractivity contribution in [3.05, 3.63) is 93.6 Å². The second kappa shape index (κ2) is 14.8. The maximum atomic E-state index is 13.6. The van der Waals surface area contributed by atoms with Gasteiger partial charge in [0.2, 0.25) is 5.91 Å². The van der Waals surface area contributed by atoms with Gasteiger partial charge in [0.05, 0.1) is 18.1 Å². The van der Waals surface area contributed by atoms with Crippen molar-refractivity contribution in [3.8, 4) is 16.9 Å². The number of ether oxygens (including phenoxy) is 1. The number of nitrogens with two attached hydrogens (primary N) is 1. The molecule has 0 spiro atoms. The fourth-order valence-corrected chi connectivity index (χ4v) is 5.82. The molecule has 1 aliphatic heterocycles. The van der Waals surface area contributed by atoms with Crippen LogP contribution in [0, 0.1) is 10.1 Å². The maximum Gasteiger partial charge on any atom is 0.270 e. The number of nitro groups is 1. The second-order valence-electron chi connectivity index (χ2n) is 11.4. The van der Waals surface area contributed by atoms with Gasteiger partial charge in [-0.25, -0.2) is 0 Å². The number of amides is 2. The lowest BCUT2D eigenvalue weighted by Crippen LogP contribution is -2.47. The third-order valence-corrected chi connectivity index (χ3v) is 7.77. The number of rotatable bonds is 12. The third-order valence-electron chi connectivity index (χ3n) is 7.77. The van der Waals surface area contributed by atoms with E-state index in [1.54, 1.807) is 13.2 Å². The first-order valence-corrected chi connectivity index (χ1v) is 14.6. The Hall–Kier alpha value is -4.28. The molecule has 2 atom stereocenters. The summed E-state index contributed by atoms with van der Waals surface area (Å²) < 4.78 is 5.83.